The van der Waals surface area contributed by atoms with Crippen molar-refractivity contribution in [2.24, 2.45) is 0 Å². The molecule has 2 unspecified atom stereocenters. The number of aryl methyl sites for hydroxylation is 2. The van der Waals surface area contributed by atoms with Crippen molar-refractivity contribution in [3.63, 3.8) is 0 Å². The summed E-state index contributed by atoms with van der Waals surface area (Å²) in [6, 6.07) is 5.84. The van der Waals surface area contributed by atoms with E-state index in [1.165, 1.54) is 0 Å². The van der Waals surface area contributed by atoms with Crippen molar-refractivity contribution in [2.45, 2.75) is 24.8 Å². The first-order valence-electron chi connectivity index (χ1n) is 5.33. The lowest BCUT2D eigenvalue weighted by molar-refractivity contribution is 0.198. The van der Waals surface area contributed by atoms with Gasteiger partial charge < -0.3 is 10.4 Å². The number of benzene rings is 1. The van der Waals surface area contributed by atoms with Gasteiger partial charge in [-0.1, -0.05) is 17.7 Å². The second-order valence-corrected chi connectivity index (χ2v) is 5.46. The molecule has 0 aliphatic heterocycles. The molecule has 2 N–H and O–H groups in total. The molecule has 4 heteroatoms. The first-order valence-corrected chi connectivity index (χ1v) is 6.64. The monoisotopic (exact) mass is 241 g/mol. The third kappa shape index (κ3) is 3.70. The van der Waals surface area contributed by atoms with Crippen LogP contribution in [-0.4, -0.2) is 34.8 Å². The van der Waals surface area contributed by atoms with Gasteiger partial charge in [0.2, 0.25) is 0 Å². The van der Waals surface area contributed by atoms with Gasteiger partial charge in [0, 0.05) is 11.4 Å². The Morgan fingerprint density at radius 2 is 2.12 bits per heavy atom. The number of aliphatic hydroxyl groups is 1. The SMILES string of the molecule is CNCC(O)CS(=O)c1ccc(C)cc1C. The number of hydrogen-bond donors (Lipinski definition) is 2. The molecule has 0 fully saturated rings. The maximum atomic E-state index is 12.0. The van der Waals surface area contributed by atoms with Crippen LogP contribution in [-0.2, 0) is 10.8 Å². The van der Waals surface area contributed by atoms with E-state index in [0.717, 1.165) is 16.0 Å². The smallest absolute Gasteiger partial charge is 0.0783 e. The molecule has 16 heavy (non-hydrogen) atoms. The van der Waals surface area contributed by atoms with Crippen molar-refractivity contribution in [2.75, 3.05) is 19.3 Å². The Hall–Kier alpha value is -0.710. The largest absolute Gasteiger partial charge is 0.391 e. The maximum absolute atomic E-state index is 12.0. The number of nitrogens with one attached hydrogen (secondary N) is 1. The fraction of sp³-hybridized carbons (Fsp3) is 0.500. The molecule has 2 atom stereocenters. The third-order valence-corrected chi connectivity index (χ3v) is 4.00. The molecule has 0 amide bonds. The minimum atomic E-state index is -1.12. The van der Waals surface area contributed by atoms with E-state index in [4.69, 9.17) is 0 Å². The van der Waals surface area contributed by atoms with Crippen molar-refractivity contribution >= 4 is 10.8 Å². The summed E-state index contributed by atoms with van der Waals surface area (Å²) in [6.07, 6.45) is -0.563. The molecule has 0 aliphatic carbocycles. The first-order chi connectivity index (χ1) is 7.54. The topological polar surface area (TPSA) is 49.3 Å². The Morgan fingerprint density at radius 3 is 2.69 bits per heavy atom. The van der Waals surface area contributed by atoms with E-state index in [-0.39, 0.29) is 5.75 Å². The maximum Gasteiger partial charge on any atom is 0.0783 e. The van der Waals surface area contributed by atoms with Crippen LogP contribution in [0.25, 0.3) is 0 Å². The highest BCUT2D eigenvalue weighted by Gasteiger charge is 2.12. The van der Waals surface area contributed by atoms with Crippen molar-refractivity contribution in [1.29, 1.82) is 0 Å². The van der Waals surface area contributed by atoms with Gasteiger partial charge in [0.15, 0.2) is 0 Å². The summed E-state index contributed by atoms with van der Waals surface area (Å²) in [6.45, 7) is 4.43. The summed E-state index contributed by atoms with van der Waals surface area (Å²) >= 11 is 0. The number of likely N-dealkylation sites (N-methyl/N-ethyl adjacent to an activating group) is 1. The van der Waals surface area contributed by atoms with Crippen LogP contribution in [0.2, 0.25) is 0 Å². The van der Waals surface area contributed by atoms with Crippen LogP contribution in [0.15, 0.2) is 23.1 Å². The van der Waals surface area contributed by atoms with Crippen LogP contribution < -0.4 is 5.32 Å². The fourth-order valence-electron chi connectivity index (χ4n) is 1.61. The number of rotatable bonds is 5. The van der Waals surface area contributed by atoms with Crippen LogP contribution in [0.3, 0.4) is 0 Å². The van der Waals surface area contributed by atoms with Gasteiger partial charge >= 0.3 is 0 Å². The summed E-state index contributed by atoms with van der Waals surface area (Å²) in [5.74, 6) is 0.282. The van der Waals surface area contributed by atoms with Gasteiger partial charge in [-0.2, -0.15) is 0 Å². The van der Waals surface area contributed by atoms with Crippen LogP contribution in [0, 0.1) is 13.8 Å². The molecule has 0 spiro atoms. The Bertz CT molecular complexity index is 379. The second kappa shape index (κ2) is 6.13. The summed E-state index contributed by atoms with van der Waals surface area (Å²) in [5, 5.41) is 12.4. The molecule has 0 heterocycles. The van der Waals surface area contributed by atoms with Crippen LogP contribution in [0.5, 0.6) is 0 Å². The fourth-order valence-corrected chi connectivity index (χ4v) is 2.90. The van der Waals surface area contributed by atoms with Crippen molar-refractivity contribution < 1.29 is 9.32 Å². The second-order valence-electron chi connectivity index (χ2n) is 3.99. The molecule has 0 aliphatic rings. The van der Waals surface area contributed by atoms with E-state index < -0.39 is 16.9 Å². The van der Waals surface area contributed by atoms with Gasteiger partial charge in [-0.25, -0.2) is 0 Å². The van der Waals surface area contributed by atoms with E-state index in [1.54, 1.807) is 7.05 Å². The lowest BCUT2D eigenvalue weighted by Crippen LogP contribution is -2.28. The molecule has 0 bridgehead atoms. The van der Waals surface area contributed by atoms with Gasteiger partial charge in [0.25, 0.3) is 0 Å². The zero-order valence-corrected chi connectivity index (χ0v) is 10.8. The third-order valence-electron chi connectivity index (χ3n) is 2.36. The molecule has 3 nitrogen and oxygen atoms in total. The van der Waals surface area contributed by atoms with Crippen LogP contribution in [0.4, 0.5) is 0 Å². The summed E-state index contributed by atoms with van der Waals surface area (Å²) in [4.78, 5) is 0.820. The highest BCUT2D eigenvalue weighted by molar-refractivity contribution is 7.85. The highest BCUT2D eigenvalue weighted by atomic mass is 32.2. The number of hydrogen-bond acceptors (Lipinski definition) is 3. The molecule has 1 aromatic rings. The summed E-state index contributed by atoms with van der Waals surface area (Å²) in [5.41, 5.74) is 2.18. The molecular formula is C12H19NO2S. The minimum absolute atomic E-state index is 0.282. The quantitative estimate of drug-likeness (QED) is 0.808. The molecule has 1 aromatic carbocycles. The Morgan fingerprint density at radius 1 is 1.44 bits per heavy atom. The average molecular weight is 241 g/mol. The Labute approximate surface area is 99.3 Å². The minimum Gasteiger partial charge on any atom is -0.391 e. The van der Waals surface area contributed by atoms with Crippen molar-refractivity contribution in [1.82, 2.24) is 5.32 Å². The zero-order chi connectivity index (χ0) is 12.1. The van der Waals surface area contributed by atoms with E-state index >= 15 is 0 Å². The van der Waals surface area contributed by atoms with E-state index in [9.17, 15) is 9.32 Å². The normalized spacial score (nSPS) is 14.8. The molecular weight excluding hydrogens is 222 g/mol. The predicted molar refractivity (Wildman–Crippen MR) is 67.1 cm³/mol. The average Bonchev–Trinajstić information content (AvgIpc) is 2.17. The molecule has 0 aromatic heterocycles. The summed E-state index contributed by atoms with van der Waals surface area (Å²) in [7, 11) is 0.642. The van der Waals surface area contributed by atoms with E-state index in [2.05, 4.69) is 5.32 Å². The summed E-state index contributed by atoms with van der Waals surface area (Å²) < 4.78 is 12.0. The molecule has 0 radical (unpaired) electrons. The molecule has 0 saturated carbocycles. The number of aliphatic hydroxyl groups excluding tert-OH is 1. The van der Waals surface area contributed by atoms with Gasteiger partial charge in [-0.15, -0.1) is 0 Å². The molecule has 0 saturated heterocycles. The Balaban J connectivity index is 2.73. The van der Waals surface area contributed by atoms with E-state index in [1.807, 2.05) is 32.0 Å². The standard InChI is InChI=1S/C12H19NO2S/c1-9-4-5-12(10(2)6-9)16(15)8-11(14)7-13-3/h4-6,11,13-14H,7-8H2,1-3H3. The van der Waals surface area contributed by atoms with E-state index in [0.29, 0.717) is 6.54 Å². The van der Waals surface area contributed by atoms with Gasteiger partial charge in [-0.05, 0) is 32.5 Å². The first kappa shape index (κ1) is 13.4. The lowest BCUT2D eigenvalue weighted by Gasteiger charge is -2.11. The van der Waals surface area contributed by atoms with Gasteiger partial charge in [0.05, 0.1) is 22.7 Å². The molecule has 1 rings (SSSR count). The zero-order valence-electron chi connectivity index (χ0n) is 9.99. The van der Waals surface area contributed by atoms with Crippen molar-refractivity contribution in [3.8, 4) is 0 Å². The highest BCUT2D eigenvalue weighted by Crippen LogP contribution is 2.15. The van der Waals surface area contributed by atoms with Gasteiger partial charge in [0.1, 0.15) is 0 Å². The Kier molecular flexibility index (Phi) is 5.12. The van der Waals surface area contributed by atoms with Gasteiger partial charge in [-0.3, -0.25) is 4.21 Å². The molecule has 90 valence electrons. The van der Waals surface area contributed by atoms with Crippen molar-refractivity contribution in [3.05, 3.63) is 29.3 Å². The van der Waals surface area contributed by atoms with Crippen LogP contribution in [0.1, 0.15) is 11.1 Å². The predicted octanol–water partition coefficient (Wildman–Crippen LogP) is 0.991. The lowest BCUT2D eigenvalue weighted by atomic mass is 10.2. The van der Waals surface area contributed by atoms with Crippen LogP contribution >= 0.6 is 0 Å².